The fraction of sp³-hybridized carbons (Fsp3) is 0.133. The van der Waals surface area contributed by atoms with Crippen molar-refractivity contribution in [1.82, 2.24) is 20.6 Å². The number of nitrogens with one attached hydrogen (secondary N) is 1. The molecule has 0 aliphatic carbocycles. The minimum atomic E-state index is 0.500. The van der Waals surface area contributed by atoms with Crippen LogP contribution in [0.15, 0.2) is 48.5 Å². The van der Waals surface area contributed by atoms with Crippen molar-refractivity contribution in [3.63, 3.8) is 0 Å². The molecule has 0 bridgehead atoms. The summed E-state index contributed by atoms with van der Waals surface area (Å²) in [5.74, 6) is 0.500. The molecule has 1 N–H and O–H groups in total. The van der Waals surface area contributed by atoms with Gasteiger partial charge in [0.05, 0.1) is 0 Å². The van der Waals surface area contributed by atoms with Crippen LogP contribution in [-0.2, 0) is 13.1 Å². The number of aromatic amines is 1. The summed E-state index contributed by atoms with van der Waals surface area (Å²) in [6.45, 7) is 1.12. The summed E-state index contributed by atoms with van der Waals surface area (Å²) in [5, 5.41) is 15.6. The molecule has 0 aliphatic heterocycles. The smallest absolute Gasteiger partial charge is 0.266 e. The van der Waals surface area contributed by atoms with Gasteiger partial charge < -0.3 is 4.90 Å². The van der Waals surface area contributed by atoms with E-state index in [1.807, 2.05) is 53.4 Å². The van der Waals surface area contributed by atoms with Gasteiger partial charge in [-0.2, -0.15) is 5.21 Å². The Labute approximate surface area is 137 Å². The highest BCUT2D eigenvalue weighted by Gasteiger charge is 2.15. The maximum absolute atomic E-state index is 6.25. The quantitative estimate of drug-likeness (QED) is 0.773. The van der Waals surface area contributed by atoms with Crippen molar-refractivity contribution in [1.29, 1.82) is 0 Å². The Balaban J connectivity index is 1.88. The summed E-state index contributed by atoms with van der Waals surface area (Å²) in [7, 11) is 0. The molecule has 0 spiro atoms. The molecule has 3 aromatic rings. The summed E-state index contributed by atoms with van der Waals surface area (Å²) in [6.07, 6.45) is 0. The summed E-state index contributed by atoms with van der Waals surface area (Å²) in [6, 6.07) is 15.4. The third-order valence-electron chi connectivity index (χ3n) is 3.26. The second-order valence-corrected chi connectivity index (χ2v) is 5.57. The minimum Gasteiger partial charge on any atom is -0.329 e. The van der Waals surface area contributed by atoms with E-state index in [4.69, 9.17) is 23.2 Å². The Morgan fingerprint density at radius 1 is 0.864 bits per heavy atom. The van der Waals surface area contributed by atoms with E-state index in [2.05, 4.69) is 20.6 Å². The first kappa shape index (κ1) is 14.8. The highest BCUT2D eigenvalue weighted by Crippen LogP contribution is 2.23. The molecule has 2 aromatic carbocycles. The number of hydrogen-bond donors (Lipinski definition) is 1. The van der Waals surface area contributed by atoms with E-state index in [0.717, 1.165) is 11.1 Å². The Morgan fingerprint density at radius 2 is 1.41 bits per heavy atom. The predicted molar refractivity (Wildman–Crippen MR) is 87.0 cm³/mol. The van der Waals surface area contributed by atoms with Gasteiger partial charge in [0, 0.05) is 23.1 Å². The fourth-order valence-corrected chi connectivity index (χ4v) is 2.54. The molecule has 3 rings (SSSR count). The van der Waals surface area contributed by atoms with Gasteiger partial charge in [0.1, 0.15) is 0 Å². The Hall–Kier alpha value is -2.11. The van der Waals surface area contributed by atoms with Gasteiger partial charge in [0.15, 0.2) is 0 Å². The first-order valence-corrected chi connectivity index (χ1v) is 7.45. The van der Waals surface area contributed by atoms with E-state index >= 15 is 0 Å². The largest absolute Gasteiger partial charge is 0.329 e. The first-order valence-electron chi connectivity index (χ1n) is 6.69. The van der Waals surface area contributed by atoms with Crippen molar-refractivity contribution in [3.05, 3.63) is 69.7 Å². The average molecular weight is 334 g/mol. The second kappa shape index (κ2) is 6.77. The first-order chi connectivity index (χ1) is 10.7. The molecule has 22 heavy (non-hydrogen) atoms. The van der Waals surface area contributed by atoms with Crippen LogP contribution in [0.2, 0.25) is 10.0 Å². The minimum absolute atomic E-state index is 0.500. The Kier molecular flexibility index (Phi) is 4.56. The van der Waals surface area contributed by atoms with Gasteiger partial charge in [-0.05, 0) is 28.5 Å². The summed E-state index contributed by atoms with van der Waals surface area (Å²) in [4.78, 5) is 1.96. The standard InChI is InChI=1S/C15H13Cl2N5/c16-13-7-3-1-5-11(13)9-22(15-18-20-21-19-15)10-12-6-2-4-8-14(12)17/h1-8H,9-10H2,(H,18,19,20,21). The normalized spacial score (nSPS) is 10.6. The number of benzene rings is 2. The summed E-state index contributed by atoms with van der Waals surface area (Å²) < 4.78 is 0. The van der Waals surface area contributed by atoms with E-state index in [0.29, 0.717) is 29.1 Å². The van der Waals surface area contributed by atoms with E-state index in [-0.39, 0.29) is 0 Å². The molecular weight excluding hydrogens is 321 g/mol. The molecule has 0 saturated carbocycles. The van der Waals surface area contributed by atoms with Gasteiger partial charge in [-0.15, -0.1) is 5.10 Å². The van der Waals surface area contributed by atoms with E-state index in [1.165, 1.54) is 0 Å². The number of anilines is 1. The number of H-pyrrole nitrogens is 1. The van der Waals surface area contributed by atoms with Crippen LogP contribution >= 0.6 is 23.2 Å². The zero-order chi connectivity index (χ0) is 15.4. The van der Waals surface area contributed by atoms with E-state index in [1.54, 1.807) is 0 Å². The highest BCUT2D eigenvalue weighted by atomic mass is 35.5. The molecule has 0 amide bonds. The molecule has 0 radical (unpaired) electrons. The number of nitrogens with zero attached hydrogens (tertiary/aromatic N) is 4. The number of aromatic nitrogens is 4. The van der Waals surface area contributed by atoms with Gasteiger partial charge in [0.25, 0.3) is 5.95 Å². The monoisotopic (exact) mass is 333 g/mol. The third-order valence-corrected chi connectivity index (χ3v) is 3.99. The average Bonchev–Trinajstić information content (AvgIpc) is 3.05. The molecule has 0 aliphatic rings. The van der Waals surface area contributed by atoms with Crippen LogP contribution in [-0.4, -0.2) is 20.6 Å². The number of tetrazole rings is 1. The predicted octanol–water partition coefficient (Wildman–Crippen LogP) is 3.71. The van der Waals surface area contributed by atoms with Gasteiger partial charge in [-0.25, -0.2) is 0 Å². The summed E-state index contributed by atoms with van der Waals surface area (Å²) in [5.41, 5.74) is 1.97. The van der Waals surface area contributed by atoms with Crippen LogP contribution < -0.4 is 4.90 Å². The van der Waals surface area contributed by atoms with Crippen molar-refractivity contribution >= 4 is 29.2 Å². The van der Waals surface area contributed by atoms with Crippen LogP contribution in [0.5, 0.6) is 0 Å². The molecule has 1 aromatic heterocycles. The van der Waals surface area contributed by atoms with Crippen LogP contribution in [0.1, 0.15) is 11.1 Å². The van der Waals surface area contributed by atoms with Crippen molar-refractivity contribution in [2.75, 3.05) is 4.90 Å². The van der Waals surface area contributed by atoms with Crippen LogP contribution in [0, 0.1) is 0 Å². The van der Waals surface area contributed by atoms with Crippen molar-refractivity contribution in [2.45, 2.75) is 13.1 Å². The SMILES string of the molecule is Clc1ccccc1CN(Cc1ccccc1Cl)c1nn[nH]n1. The zero-order valence-electron chi connectivity index (χ0n) is 11.6. The molecule has 112 valence electrons. The number of rotatable bonds is 5. The lowest BCUT2D eigenvalue weighted by atomic mass is 10.1. The van der Waals surface area contributed by atoms with Gasteiger partial charge in [-0.1, -0.05) is 64.7 Å². The molecule has 0 unspecified atom stereocenters. The second-order valence-electron chi connectivity index (χ2n) is 4.75. The zero-order valence-corrected chi connectivity index (χ0v) is 13.1. The Morgan fingerprint density at radius 3 is 1.86 bits per heavy atom. The topological polar surface area (TPSA) is 57.7 Å². The fourth-order valence-electron chi connectivity index (χ4n) is 2.15. The molecule has 5 nitrogen and oxygen atoms in total. The molecule has 0 atom stereocenters. The third kappa shape index (κ3) is 3.37. The van der Waals surface area contributed by atoms with Crippen LogP contribution in [0.4, 0.5) is 5.95 Å². The van der Waals surface area contributed by atoms with E-state index in [9.17, 15) is 0 Å². The van der Waals surface area contributed by atoms with Crippen molar-refractivity contribution in [3.8, 4) is 0 Å². The number of hydrogen-bond acceptors (Lipinski definition) is 4. The number of halogens is 2. The van der Waals surface area contributed by atoms with Gasteiger partial charge >= 0.3 is 0 Å². The van der Waals surface area contributed by atoms with Crippen molar-refractivity contribution < 1.29 is 0 Å². The molecule has 0 saturated heterocycles. The molecule has 7 heteroatoms. The lowest BCUT2D eigenvalue weighted by molar-refractivity contribution is 0.765. The Bertz CT molecular complexity index is 698. The van der Waals surface area contributed by atoms with Crippen molar-refractivity contribution in [2.24, 2.45) is 0 Å². The molecular formula is C15H13Cl2N5. The molecule has 0 fully saturated rings. The lowest BCUT2D eigenvalue weighted by Crippen LogP contribution is -2.23. The summed E-state index contributed by atoms with van der Waals surface area (Å²) >= 11 is 12.5. The maximum atomic E-state index is 6.25. The van der Waals surface area contributed by atoms with Crippen LogP contribution in [0.3, 0.4) is 0 Å². The maximum Gasteiger partial charge on any atom is 0.266 e. The van der Waals surface area contributed by atoms with Gasteiger partial charge in [-0.3, -0.25) is 0 Å². The van der Waals surface area contributed by atoms with Crippen LogP contribution in [0.25, 0.3) is 0 Å². The van der Waals surface area contributed by atoms with E-state index < -0.39 is 0 Å². The lowest BCUT2D eigenvalue weighted by Gasteiger charge is -2.21. The highest BCUT2D eigenvalue weighted by molar-refractivity contribution is 6.31. The van der Waals surface area contributed by atoms with Gasteiger partial charge in [0.2, 0.25) is 0 Å². The molecule has 1 heterocycles.